The zero-order valence-electron chi connectivity index (χ0n) is 13.0. The molecule has 0 saturated carbocycles. The van der Waals surface area contributed by atoms with E-state index in [2.05, 4.69) is 10.3 Å². The standard InChI is InChI=1S/C13H18N2O4.Li.H/c1-9(2)7-11(12(16)17)15-13(18)19-8-10-5-3-4-6-14-10;;/h3-6,9,11H,7-8H2,1-2H3,(H,15,18)(H,16,17);;/q;+1;-1/t11-;;/m0../s1. The first-order valence-electron chi connectivity index (χ1n) is 6.05. The Morgan fingerprint density at radius 3 is 2.65 bits per heavy atom. The van der Waals surface area contributed by atoms with E-state index in [0.29, 0.717) is 12.1 Å². The summed E-state index contributed by atoms with van der Waals surface area (Å²) in [6, 6.07) is 4.32. The molecular weight excluding hydrogens is 255 g/mol. The Labute approximate surface area is 131 Å². The normalized spacial score (nSPS) is 11.3. The van der Waals surface area contributed by atoms with Crippen LogP contribution in [-0.4, -0.2) is 28.2 Å². The Bertz CT molecular complexity index is 431. The van der Waals surface area contributed by atoms with Crippen molar-refractivity contribution in [1.29, 1.82) is 0 Å². The van der Waals surface area contributed by atoms with Gasteiger partial charge >= 0.3 is 30.9 Å². The predicted octanol–water partition coefficient (Wildman–Crippen LogP) is -1.08. The van der Waals surface area contributed by atoms with Gasteiger partial charge in [0.15, 0.2) is 0 Å². The first kappa shape index (κ1) is 18.5. The van der Waals surface area contributed by atoms with E-state index in [1.807, 2.05) is 13.8 Å². The van der Waals surface area contributed by atoms with E-state index < -0.39 is 18.1 Å². The molecule has 1 aromatic heterocycles. The number of carboxylic acids is 1. The van der Waals surface area contributed by atoms with Gasteiger partial charge in [0.05, 0.1) is 5.69 Å². The Hall–Kier alpha value is -1.51. The molecule has 0 fully saturated rings. The van der Waals surface area contributed by atoms with Crippen molar-refractivity contribution in [3.05, 3.63) is 30.1 Å². The third-order valence-electron chi connectivity index (χ3n) is 2.37. The number of alkyl carbamates (subject to hydrolysis) is 1. The summed E-state index contributed by atoms with van der Waals surface area (Å²) in [4.78, 5) is 26.4. The van der Waals surface area contributed by atoms with Crippen LogP contribution in [0.5, 0.6) is 0 Å². The van der Waals surface area contributed by atoms with Crippen LogP contribution in [-0.2, 0) is 16.1 Å². The minimum atomic E-state index is -1.07. The van der Waals surface area contributed by atoms with Gasteiger partial charge in [0, 0.05) is 6.20 Å². The summed E-state index contributed by atoms with van der Waals surface area (Å²) < 4.78 is 4.91. The number of carboxylic acid groups (broad SMARTS) is 1. The van der Waals surface area contributed by atoms with Crippen LogP contribution in [0.15, 0.2) is 24.4 Å². The van der Waals surface area contributed by atoms with Crippen molar-refractivity contribution in [2.75, 3.05) is 0 Å². The molecule has 0 saturated heterocycles. The number of carbonyl (C=O) groups excluding carboxylic acids is 1. The molecular formula is C13H19LiN2O4. The van der Waals surface area contributed by atoms with Gasteiger partial charge in [-0.1, -0.05) is 19.9 Å². The number of carbonyl (C=O) groups is 2. The maximum atomic E-state index is 11.5. The monoisotopic (exact) mass is 274 g/mol. The molecule has 2 N–H and O–H groups in total. The SMILES string of the molecule is CC(C)C[C@H](NC(=O)OCc1ccccn1)C(=O)O.[H-].[Li+]. The second-order valence-corrected chi connectivity index (χ2v) is 4.56. The first-order valence-corrected chi connectivity index (χ1v) is 6.05. The Morgan fingerprint density at radius 1 is 1.45 bits per heavy atom. The Kier molecular flexibility index (Phi) is 8.69. The van der Waals surface area contributed by atoms with Gasteiger partial charge in [-0.05, 0) is 24.5 Å². The second-order valence-electron chi connectivity index (χ2n) is 4.56. The summed E-state index contributed by atoms with van der Waals surface area (Å²) in [5.41, 5.74) is 0.605. The second kappa shape index (κ2) is 9.40. The summed E-state index contributed by atoms with van der Waals surface area (Å²) in [7, 11) is 0. The number of aliphatic carboxylic acids is 1. The summed E-state index contributed by atoms with van der Waals surface area (Å²) in [5.74, 6) is -0.902. The quantitative estimate of drug-likeness (QED) is 0.644. The molecule has 0 aliphatic carbocycles. The number of nitrogens with zero attached hydrogens (tertiary/aromatic N) is 1. The van der Waals surface area contributed by atoms with E-state index in [4.69, 9.17) is 9.84 Å². The van der Waals surface area contributed by atoms with Gasteiger partial charge in [-0.2, -0.15) is 0 Å². The van der Waals surface area contributed by atoms with Gasteiger partial charge in [0.1, 0.15) is 12.6 Å². The minimum absolute atomic E-state index is 0. The number of aromatic nitrogens is 1. The van der Waals surface area contributed by atoms with E-state index in [1.54, 1.807) is 24.4 Å². The van der Waals surface area contributed by atoms with Crippen LogP contribution in [0.3, 0.4) is 0 Å². The molecule has 0 aliphatic rings. The van der Waals surface area contributed by atoms with Crippen LogP contribution in [0.2, 0.25) is 0 Å². The third kappa shape index (κ3) is 7.17. The molecule has 1 atom stereocenters. The topological polar surface area (TPSA) is 88.5 Å². The zero-order valence-corrected chi connectivity index (χ0v) is 12.0. The number of rotatable bonds is 6. The van der Waals surface area contributed by atoms with Crippen molar-refractivity contribution < 1.29 is 39.7 Å². The first-order chi connectivity index (χ1) is 8.99. The number of amides is 1. The maximum Gasteiger partial charge on any atom is 1.00 e. The van der Waals surface area contributed by atoms with Crippen molar-refractivity contribution in [2.45, 2.75) is 32.9 Å². The van der Waals surface area contributed by atoms with Crippen molar-refractivity contribution >= 4 is 12.1 Å². The fourth-order valence-corrected chi connectivity index (χ4v) is 1.50. The molecule has 0 bridgehead atoms. The molecule has 1 aromatic rings. The molecule has 1 rings (SSSR count). The largest absolute Gasteiger partial charge is 1.00 e. The van der Waals surface area contributed by atoms with E-state index >= 15 is 0 Å². The molecule has 1 heterocycles. The molecule has 20 heavy (non-hydrogen) atoms. The molecule has 7 heteroatoms. The average molecular weight is 274 g/mol. The van der Waals surface area contributed by atoms with Crippen molar-refractivity contribution in [3.63, 3.8) is 0 Å². The van der Waals surface area contributed by atoms with Crippen LogP contribution in [0.1, 0.15) is 27.4 Å². The number of pyridine rings is 1. The summed E-state index contributed by atoms with van der Waals surface area (Å²) in [6.07, 6.45) is 1.20. The van der Waals surface area contributed by atoms with E-state index in [1.165, 1.54) is 0 Å². The fourth-order valence-electron chi connectivity index (χ4n) is 1.50. The van der Waals surface area contributed by atoms with Gasteiger partial charge in [0.2, 0.25) is 0 Å². The van der Waals surface area contributed by atoms with E-state index in [9.17, 15) is 9.59 Å². The van der Waals surface area contributed by atoms with Crippen molar-refractivity contribution in [1.82, 2.24) is 10.3 Å². The van der Waals surface area contributed by atoms with E-state index in [-0.39, 0.29) is 32.8 Å². The number of hydrogen-bond acceptors (Lipinski definition) is 4. The summed E-state index contributed by atoms with van der Waals surface area (Å²) in [6.45, 7) is 3.79. The summed E-state index contributed by atoms with van der Waals surface area (Å²) >= 11 is 0. The maximum absolute atomic E-state index is 11.5. The van der Waals surface area contributed by atoms with Gasteiger partial charge in [-0.25, -0.2) is 9.59 Å². The summed E-state index contributed by atoms with van der Waals surface area (Å²) in [5, 5.41) is 11.3. The Morgan fingerprint density at radius 2 is 2.15 bits per heavy atom. The molecule has 1 amide bonds. The molecule has 0 spiro atoms. The number of ether oxygens (including phenoxy) is 1. The average Bonchev–Trinajstić information content (AvgIpc) is 2.36. The molecule has 6 nitrogen and oxygen atoms in total. The molecule has 0 unspecified atom stereocenters. The zero-order chi connectivity index (χ0) is 14.3. The third-order valence-corrected chi connectivity index (χ3v) is 2.37. The minimum Gasteiger partial charge on any atom is -1.00 e. The van der Waals surface area contributed by atoms with Gasteiger partial charge in [-0.3, -0.25) is 4.98 Å². The van der Waals surface area contributed by atoms with E-state index in [0.717, 1.165) is 0 Å². The van der Waals surface area contributed by atoms with Crippen LogP contribution in [0.4, 0.5) is 4.79 Å². The Balaban J connectivity index is 0. The van der Waals surface area contributed by atoms with Gasteiger partial charge in [0.25, 0.3) is 0 Å². The van der Waals surface area contributed by atoms with Crippen LogP contribution >= 0.6 is 0 Å². The van der Waals surface area contributed by atoms with Crippen molar-refractivity contribution in [2.24, 2.45) is 5.92 Å². The van der Waals surface area contributed by atoms with Crippen LogP contribution < -0.4 is 24.2 Å². The number of hydrogen-bond donors (Lipinski definition) is 2. The molecule has 0 aromatic carbocycles. The predicted molar refractivity (Wildman–Crippen MR) is 69.5 cm³/mol. The fraction of sp³-hybridized carbons (Fsp3) is 0.462. The van der Waals surface area contributed by atoms with Crippen LogP contribution in [0, 0.1) is 5.92 Å². The van der Waals surface area contributed by atoms with Gasteiger partial charge < -0.3 is 16.6 Å². The smallest absolute Gasteiger partial charge is 1.00 e. The number of nitrogens with one attached hydrogen (secondary N) is 1. The van der Waals surface area contributed by atoms with Crippen LogP contribution in [0.25, 0.3) is 0 Å². The molecule has 0 radical (unpaired) electrons. The molecule has 106 valence electrons. The van der Waals surface area contributed by atoms with Gasteiger partial charge in [-0.15, -0.1) is 0 Å². The van der Waals surface area contributed by atoms with Crippen molar-refractivity contribution in [3.8, 4) is 0 Å². The molecule has 0 aliphatic heterocycles.